The van der Waals surface area contributed by atoms with E-state index in [4.69, 9.17) is 4.42 Å². The number of anilines is 1. The minimum atomic E-state index is -0.398. The maximum absolute atomic E-state index is 12.8. The zero-order valence-electron chi connectivity index (χ0n) is 14.9. The van der Waals surface area contributed by atoms with E-state index >= 15 is 0 Å². The summed E-state index contributed by atoms with van der Waals surface area (Å²) in [5, 5.41) is 14.6. The number of thiazole rings is 1. The molecule has 7 nitrogen and oxygen atoms in total. The molecule has 3 heterocycles. The average Bonchev–Trinajstić information content (AvgIpc) is 3.38. The monoisotopic (exact) mass is 430 g/mol. The smallest absolute Gasteiger partial charge is 0.293 e. The van der Waals surface area contributed by atoms with E-state index in [1.165, 1.54) is 41.4 Å². The quantitative estimate of drug-likeness (QED) is 0.347. The van der Waals surface area contributed by atoms with E-state index in [0.29, 0.717) is 22.2 Å². The number of carbonyl (C=O) groups excluding carboxylic acids is 2. The van der Waals surface area contributed by atoms with Crippen molar-refractivity contribution in [1.82, 2.24) is 15.2 Å². The van der Waals surface area contributed by atoms with Crippen molar-refractivity contribution in [2.24, 2.45) is 0 Å². The lowest BCUT2D eigenvalue weighted by atomic mass is 10.1. The predicted molar refractivity (Wildman–Crippen MR) is 110 cm³/mol. The molecule has 1 amide bonds. The molecule has 0 radical (unpaired) electrons. The fourth-order valence-corrected chi connectivity index (χ4v) is 5.13. The summed E-state index contributed by atoms with van der Waals surface area (Å²) in [4.78, 5) is 28.4. The van der Waals surface area contributed by atoms with Crippen LogP contribution in [0.2, 0.25) is 0 Å². The summed E-state index contributed by atoms with van der Waals surface area (Å²) < 4.78 is 6.67. The van der Waals surface area contributed by atoms with Gasteiger partial charge in [0.2, 0.25) is 0 Å². The standard InChI is InChI=1S/C18H14N4O3S3/c1-9(23)13-8-26-17(19-13)20-16(24)15-12(7-27-18-22-21-10(2)28-18)11-5-3-4-6-14(11)25-15/h3-6,8H,7H2,1-2H3,(H,19,20,24). The number of furan rings is 1. The number of hydrogen-bond acceptors (Lipinski definition) is 9. The number of nitrogens with zero attached hydrogens (tertiary/aromatic N) is 3. The van der Waals surface area contributed by atoms with Gasteiger partial charge in [0.05, 0.1) is 0 Å². The van der Waals surface area contributed by atoms with Gasteiger partial charge in [0.1, 0.15) is 16.3 Å². The SMILES string of the molecule is CC(=O)c1csc(NC(=O)c2oc3ccccc3c2CSc2nnc(C)s2)n1. The van der Waals surface area contributed by atoms with Gasteiger partial charge < -0.3 is 4.42 Å². The lowest BCUT2D eigenvalue weighted by Gasteiger charge is -2.02. The van der Waals surface area contributed by atoms with Crippen LogP contribution in [0.15, 0.2) is 38.4 Å². The highest BCUT2D eigenvalue weighted by Gasteiger charge is 2.22. The Balaban J connectivity index is 1.63. The van der Waals surface area contributed by atoms with Gasteiger partial charge in [0.15, 0.2) is 21.0 Å². The van der Waals surface area contributed by atoms with Crippen LogP contribution in [0.25, 0.3) is 11.0 Å². The molecule has 0 aliphatic rings. The largest absolute Gasteiger partial charge is 0.451 e. The third-order valence-corrected chi connectivity index (χ3v) is 6.59. The van der Waals surface area contributed by atoms with Gasteiger partial charge in [-0.3, -0.25) is 14.9 Å². The Morgan fingerprint density at radius 1 is 1.25 bits per heavy atom. The van der Waals surface area contributed by atoms with Crippen LogP contribution in [0.4, 0.5) is 5.13 Å². The van der Waals surface area contributed by atoms with Crippen molar-refractivity contribution < 1.29 is 14.0 Å². The number of hydrogen-bond donors (Lipinski definition) is 1. The molecule has 0 aliphatic carbocycles. The Kier molecular flexibility index (Phi) is 5.25. The van der Waals surface area contributed by atoms with Crippen molar-refractivity contribution >= 4 is 62.2 Å². The summed E-state index contributed by atoms with van der Waals surface area (Å²) in [5.74, 6) is 0.203. The van der Waals surface area contributed by atoms with Gasteiger partial charge in [0, 0.05) is 29.0 Å². The second kappa shape index (κ2) is 7.82. The Bertz CT molecular complexity index is 1180. The molecule has 1 N–H and O–H groups in total. The molecule has 0 atom stereocenters. The summed E-state index contributed by atoms with van der Waals surface area (Å²) in [7, 11) is 0. The summed E-state index contributed by atoms with van der Waals surface area (Å²) in [6.07, 6.45) is 0. The first-order chi connectivity index (χ1) is 13.5. The van der Waals surface area contributed by atoms with Gasteiger partial charge >= 0.3 is 0 Å². The van der Waals surface area contributed by atoms with Crippen molar-refractivity contribution in [3.63, 3.8) is 0 Å². The molecule has 0 saturated carbocycles. The van der Waals surface area contributed by atoms with Gasteiger partial charge in [-0.25, -0.2) is 4.98 Å². The van der Waals surface area contributed by atoms with Gasteiger partial charge in [-0.1, -0.05) is 41.3 Å². The summed E-state index contributed by atoms with van der Waals surface area (Å²) in [6.45, 7) is 3.33. The van der Waals surface area contributed by atoms with Crippen LogP contribution < -0.4 is 5.32 Å². The number of thioether (sulfide) groups is 1. The van der Waals surface area contributed by atoms with E-state index < -0.39 is 5.91 Å². The average molecular weight is 431 g/mol. The van der Waals surface area contributed by atoms with Gasteiger partial charge in [-0.2, -0.15) is 0 Å². The number of ketones is 1. The molecule has 0 spiro atoms. The van der Waals surface area contributed by atoms with E-state index in [9.17, 15) is 9.59 Å². The Hall–Kier alpha value is -2.56. The molecule has 10 heteroatoms. The molecule has 28 heavy (non-hydrogen) atoms. The maximum Gasteiger partial charge on any atom is 0.293 e. The maximum atomic E-state index is 12.8. The van der Waals surface area contributed by atoms with E-state index in [1.807, 2.05) is 31.2 Å². The number of benzene rings is 1. The first-order valence-corrected chi connectivity index (χ1v) is 10.9. The normalized spacial score (nSPS) is 11.1. The molecule has 142 valence electrons. The Morgan fingerprint density at radius 3 is 2.79 bits per heavy atom. The molecule has 4 aromatic rings. The van der Waals surface area contributed by atoms with Crippen LogP contribution in [0.3, 0.4) is 0 Å². The lowest BCUT2D eigenvalue weighted by molar-refractivity contribution is 0.0991. The van der Waals surface area contributed by atoms with Crippen LogP contribution in [-0.2, 0) is 5.75 Å². The van der Waals surface area contributed by atoms with E-state index in [-0.39, 0.29) is 11.5 Å². The van der Waals surface area contributed by atoms with Crippen molar-refractivity contribution in [3.8, 4) is 0 Å². The predicted octanol–water partition coefficient (Wildman–Crippen LogP) is 4.80. The number of para-hydroxylation sites is 1. The zero-order chi connectivity index (χ0) is 19.7. The van der Waals surface area contributed by atoms with Crippen LogP contribution >= 0.6 is 34.4 Å². The highest BCUT2D eigenvalue weighted by Crippen LogP contribution is 2.33. The van der Waals surface area contributed by atoms with Crippen molar-refractivity contribution in [1.29, 1.82) is 0 Å². The van der Waals surface area contributed by atoms with Gasteiger partial charge in [0.25, 0.3) is 5.91 Å². The van der Waals surface area contributed by atoms with Gasteiger partial charge in [-0.15, -0.1) is 21.5 Å². The highest BCUT2D eigenvalue weighted by atomic mass is 32.2. The molecule has 0 saturated heterocycles. The molecule has 3 aromatic heterocycles. The summed E-state index contributed by atoms with van der Waals surface area (Å²) >= 11 is 4.21. The fourth-order valence-electron chi connectivity index (χ4n) is 2.54. The Morgan fingerprint density at radius 2 is 2.07 bits per heavy atom. The highest BCUT2D eigenvalue weighted by molar-refractivity contribution is 8.00. The molecular formula is C18H14N4O3S3. The van der Waals surface area contributed by atoms with Crippen LogP contribution in [0.1, 0.15) is 38.5 Å². The number of fused-ring (bicyclic) bond motifs is 1. The number of rotatable bonds is 6. The van der Waals surface area contributed by atoms with Crippen molar-refractivity contribution in [3.05, 3.63) is 51.7 Å². The minimum absolute atomic E-state index is 0.148. The first kappa shape index (κ1) is 18.8. The van der Waals surface area contributed by atoms with Gasteiger partial charge in [-0.05, 0) is 13.0 Å². The second-order valence-electron chi connectivity index (χ2n) is 5.83. The second-order valence-corrected chi connectivity index (χ2v) is 9.09. The van der Waals surface area contributed by atoms with E-state index in [2.05, 4.69) is 20.5 Å². The third-order valence-electron chi connectivity index (χ3n) is 3.84. The van der Waals surface area contributed by atoms with Crippen LogP contribution in [0.5, 0.6) is 0 Å². The van der Waals surface area contributed by atoms with E-state index in [0.717, 1.165) is 20.3 Å². The number of Topliss-reactive ketones (excluding diaryl/α,β-unsaturated/α-hetero) is 1. The number of carbonyl (C=O) groups is 2. The Labute approximate surface area is 172 Å². The topological polar surface area (TPSA) is 98.0 Å². The van der Waals surface area contributed by atoms with E-state index in [1.54, 1.807) is 5.38 Å². The van der Waals surface area contributed by atoms with Crippen molar-refractivity contribution in [2.75, 3.05) is 5.32 Å². The summed E-state index contributed by atoms with van der Waals surface area (Å²) in [6, 6.07) is 7.52. The number of amides is 1. The third kappa shape index (κ3) is 3.84. The molecule has 1 aromatic carbocycles. The number of aromatic nitrogens is 3. The first-order valence-electron chi connectivity index (χ1n) is 8.22. The molecule has 0 aliphatic heterocycles. The fraction of sp³-hybridized carbons (Fsp3) is 0.167. The molecular weight excluding hydrogens is 416 g/mol. The number of aryl methyl sites for hydroxylation is 1. The molecule has 4 rings (SSSR count). The van der Waals surface area contributed by atoms with Crippen LogP contribution in [0, 0.1) is 6.92 Å². The molecule has 0 fully saturated rings. The van der Waals surface area contributed by atoms with Crippen molar-refractivity contribution in [2.45, 2.75) is 23.9 Å². The minimum Gasteiger partial charge on any atom is -0.451 e. The zero-order valence-corrected chi connectivity index (χ0v) is 17.3. The molecule has 0 unspecified atom stereocenters. The lowest BCUT2D eigenvalue weighted by Crippen LogP contribution is -2.12. The van der Waals surface area contributed by atoms with Crippen LogP contribution in [-0.4, -0.2) is 26.9 Å². The summed E-state index contributed by atoms with van der Waals surface area (Å²) in [5.41, 5.74) is 1.75. The molecule has 0 bridgehead atoms. The number of nitrogens with one attached hydrogen (secondary N) is 1.